The largest absolute Gasteiger partial charge is 0.444 e. The third kappa shape index (κ3) is 8.97. The second-order valence-electron chi connectivity index (χ2n) is 14.7. The van der Waals surface area contributed by atoms with E-state index in [-0.39, 0.29) is 49.7 Å². The number of likely N-dealkylation sites (tertiary alicyclic amines) is 1. The van der Waals surface area contributed by atoms with E-state index in [0.29, 0.717) is 31.6 Å². The summed E-state index contributed by atoms with van der Waals surface area (Å²) >= 11 is 0. The van der Waals surface area contributed by atoms with Gasteiger partial charge in [0.1, 0.15) is 24.0 Å². The molecule has 2 saturated heterocycles. The number of nitrogens with zero attached hydrogens (tertiary/aromatic N) is 2. The summed E-state index contributed by atoms with van der Waals surface area (Å²) in [7, 11) is 0. The highest BCUT2D eigenvalue weighted by Crippen LogP contribution is 2.41. The first-order chi connectivity index (χ1) is 23.9. The number of hydrogen-bond acceptors (Lipinski definition) is 9. The van der Waals surface area contributed by atoms with Gasteiger partial charge in [0.25, 0.3) is 5.91 Å². The van der Waals surface area contributed by atoms with Crippen molar-refractivity contribution in [3.63, 3.8) is 0 Å². The van der Waals surface area contributed by atoms with E-state index in [9.17, 15) is 41.5 Å². The molecule has 0 bridgehead atoms. The molecule has 3 N–H and O–H groups in total. The molecule has 0 aromatic heterocycles. The first-order valence-corrected chi connectivity index (χ1v) is 17.0. The molecular weight excluding hydrogens is 682 g/mol. The Bertz CT molecular complexity index is 1570. The predicted octanol–water partition coefficient (Wildman–Crippen LogP) is 3.37. The lowest BCUT2D eigenvalue weighted by molar-refractivity contribution is -0.144. The molecule has 3 aliphatic heterocycles. The van der Waals surface area contributed by atoms with Gasteiger partial charge in [-0.05, 0) is 36.8 Å². The van der Waals surface area contributed by atoms with Gasteiger partial charge in [0, 0.05) is 30.9 Å². The summed E-state index contributed by atoms with van der Waals surface area (Å²) < 4.78 is 65.3. The normalized spacial score (nSPS) is 24.4. The monoisotopic (exact) mass is 725 g/mol. The molecule has 5 rings (SSSR count). The number of carbonyl (C=O) groups excluding carboxylic acids is 5. The Hall–Kier alpha value is -4.28. The smallest absolute Gasteiger partial charge is 0.419 e. The SMILES string of the molecule is CCC[C@H](NC(=O)[C@@H]1C[C@]2(CC(c3ccc(F)c(C(F)(F)F)c3)=NO2)CN1C(=O)[C@@H](NC(=O)O[C@H]1CCOC1)C(C)(C)C)C(=O)C(=O)NC1CC1. The molecule has 1 spiro atoms. The second-order valence-corrected chi connectivity index (χ2v) is 14.7. The highest BCUT2D eigenvalue weighted by molar-refractivity contribution is 6.38. The van der Waals surface area contributed by atoms with Crippen molar-refractivity contribution in [3.05, 3.63) is 35.1 Å². The predicted molar refractivity (Wildman–Crippen MR) is 172 cm³/mol. The van der Waals surface area contributed by atoms with Gasteiger partial charge >= 0.3 is 12.3 Å². The number of halogens is 4. The van der Waals surface area contributed by atoms with Crippen LogP contribution in [0.2, 0.25) is 0 Å². The number of Topliss-reactive ketones (excluding diaryl/α,β-unsaturated/α-hetero) is 1. The Morgan fingerprint density at radius 1 is 1.10 bits per heavy atom. The van der Waals surface area contributed by atoms with Crippen molar-refractivity contribution in [1.82, 2.24) is 20.9 Å². The first-order valence-electron chi connectivity index (χ1n) is 17.0. The van der Waals surface area contributed by atoms with Crippen LogP contribution in [-0.2, 0) is 39.7 Å². The number of oxime groups is 1. The van der Waals surface area contributed by atoms with Gasteiger partial charge in [-0.25, -0.2) is 9.18 Å². The maximum absolute atomic E-state index is 14.4. The van der Waals surface area contributed by atoms with Crippen LogP contribution in [-0.4, -0.2) is 95.8 Å². The van der Waals surface area contributed by atoms with E-state index < -0.39 is 82.4 Å². The fourth-order valence-corrected chi connectivity index (χ4v) is 6.40. The van der Waals surface area contributed by atoms with Crippen molar-refractivity contribution in [1.29, 1.82) is 0 Å². The topological polar surface area (TPSA) is 165 Å². The van der Waals surface area contributed by atoms with Crippen LogP contribution >= 0.6 is 0 Å². The lowest BCUT2D eigenvalue weighted by atomic mass is 9.85. The molecule has 4 aliphatic rings. The van der Waals surface area contributed by atoms with Crippen LogP contribution in [0.5, 0.6) is 0 Å². The van der Waals surface area contributed by atoms with Crippen molar-refractivity contribution in [2.24, 2.45) is 10.6 Å². The van der Waals surface area contributed by atoms with Crippen molar-refractivity contribution < 1.29 is 55.8 Å². The summed E-state index contributed by atoms with van der Waals surface area (Å²) in [4.78, 5) is 74.1. The number of alkyl carbamates (subject to hydrolysis) is 1. The summed E-state index contributed by atoms with van der Waals surface area (Å²) in [5.74, 6) is -4.60. The molecule has 13 nitrogen and oxygen atoms in total. The number of hydrogen-bond donors (Lipinski definition) is 3. The molecule has 0 radical (unpaired) electrons. The number of rotatable bonds is 11. The Morgan fingerprint density at radius 3 is 2.43 bits per heavy atom. The zero-order valence-electron chi connectivity index (χ0n) is 28.9. The number of nitrogens with one attached hydrogen (secondary N) is 3. The van der Waals surface area contributed by atoms with E-state index in [0.717, 1.165) is 18.9 Å². The fraction of sp³-hybridized carbons (Fsp3) is 0.647. The van der Waals surface area contributed by atoms with Gasteiger partial charge < -0.3 is 35.2 Å². The first kappa shape index (κ1) is 38.0. The van der Waals surface area contributed by atoms with Crippen LogP contribution in [0.1, 0.15) is 83.8 Å². The van der Waals surface area contributed by atoms with Crippen LogP contribution in [0, 0.1) is 11.2 Å². The van der Waals surface area contributed by atoms with E-state index in [4.69, 9.17) is 14.3 Å². The summed E-state index contributed by atoms with van der Waals surface area (Å²) in [5, 5.41) is 11.9. The molecule has 5 atom stereocenters. The molecule has 0 unspecified atom stereocenters. The minimum Gasteiger partial charge on any atom is -0.444 e. The number of benzene rings is 1. The Morgan fingerprint density at radius 2 is 1.82 bits per heavy atom. The second kappa shape index (κ2) is 14.8. The third-order valence-corrected chi connectivity index (χ3v) is 9.31. The van der Waals surface area contributed by atoms with Crippen LogP contribution in [0.3, 0.4) is 0 Å². The quantitative estimate of drug-likeness (QED) is 0.231. The molecule has 51 heavy (non-hydrogen) atoms. The zero-order valence-corrected chi connectivity index (χ0v) is 28.9. The molecule has 1 aromatic carbocycles. The average molecular weight is 726 g/mol. The molecular formula is C34H43F4N5O8. The molecule has 4 amide bonds. The van der Waals surface area contributed by atoms with Gasteiger partial charge in [-0.2, -0.15) is 13.2 Å². The van der Waals surface area contributed by atoms with Crippen LogP contribution in [0.15, 0.2) is 23.4 Å². The maximum atomic E-state index is 14.4. The number of ketones is 1. The van der Waals surface area contributed by atoms with Crippen LogP contribution in [0.4, 0.5) is 22.4 Å². The van der Waals surface area contributed by atoms with E-state index in [1.165, 1.54) is 4.90 Å². The summed E-state index contributed by atoms with van der Waals surface area (Å²) in [6.45, 7) is 7.20. The Labute approximate surface area is 292 Å². The third-order valence-electron chi connectivity index (χ3n) is 9.31. The molecule has 280 valence electrons. The highest BCUT2D eigenvalue weighted by Gasteiger charge is 2.56. The van der Waals surface area contributed by atoms with Gasteiger partial charge in [-0.3, -0.25) is 19.2 Å². The van der Waals surface area contributed by atoms with E-state index in [2.05, 4.69) is 21.1 Å². The van der Waals surface area contributed by atoms with Gasteiger partial charge in [-0.15, -0.1) is 0 Å². The summed E-state index contributed by atoms with van der Waals surface area (Å²) in [6, 6.07) is -1.42. The number of amides is 4. The van der Waals surface area contributed by atoms with Gasteiger partial charge in [0.2, 0.25) is 17.6 Å². The Kier molecular flexibility index (Phi) is 11.0. The van der Waals surface area contributed by atoms with Crippen LogP contribution in [0.25, 0.3) is 0 Å². The highest BCUT2D eigenvalue weighted by atomic mass is 19.4. The minimum absolute atomic E-state index is 0.0394. The van der Waals surface area contributed by atoms with Crippen molar-refractivity contribution in [3.8, 4) is 0 Å². The minimum atomic E-state index is -4.97. The standard InChI is InChI=1S/C34H43F4N5O8/c1-5-6-23(26(44)29(46)39-19-8-9-19)40-28(45)25-15-33(14-24(42-51-33)18-7-10-22(35)21(13-18)34(36,37)38)17-43(25)30(47)27(32(2,3)4)41-31(48)50-20-11-12-49-16-20/h7,10,13,19-20,23,25,27H,5-6,8-9,11-12,14-17H2,1-4H3,(H,39,46)(H,40,45)(H,41,48)/t20-,23-,25-,27+,33+/m0/s1. The average Bonchev–Trinajstić information content (AvgIpc) is 3.40. The lowest BCUT2D eigenvalue weighted by Gasteiger charge is -2.35. The van der Waals surface area contributed by atoms with E-state index in [1.807, 2.05) is 0 Å². The molecule has 17 heteroatoms. The molecule has 3 heterocycles. The summed E-state index contributed by atoms with van der Waals surface area (Å²) in [5.41, 5.74) is -3.83. The van der Waals surface area contributed by atoms with Crippen molar-refractivity contribution in [2.45, 2.75) is 115 Å². The molecule has 1 aromatic rings. The Balaban J connectivity index is 1.41. The summed E-state index contributed by atoms with van der Waals surface area (Å²) in [6.07, 6.45) is -4.16. The fourth-order valence-electron chi connectivity index (χ4n) is 6.40. The van der Waals surface area contributed by atoms with Crippen molar-refractivity contribution in [2.75, 3.05) is 19.8 Å². The van der Waals surface area contributed by atoms with Gasteiger partial charge in [0.05, 0.1) is 37.1 Å². The zero-order chi connectivity index (χ0) is 37.3. The van der Waals surface area contributed by atoms with Gasteiger partial charge in [0.15, 0.2) is 5.60 Å². The number of carbonyl (C=O) groups is 5. The molecule has 1 saturated carbocycles. The molecule has 1 aliphatic carbocycles. The maximum Gasteiger partial charge on any atom is 0.419 e. The van der Waals surface area contributed by atoms with Gasteiger partial charge in [-0.1, -0.05) is 45.3 Å². The lowest BCUT2D eigenvalue weighted by Crippen LogP contribution is -2.59. The number of ether oxygens (including phenoxy) is 2. The molecule has 3 fully saturated rings. The number of alkyl halides is 3. The van der Waals surface area contributed by atoms with E-state index >= 15 is 0 Å². The van der Waals surface area contributed by atoms with E-state index in [1.54, 1.807) is 27.7 Å². The van der Waals surface area contributed by atoms with Crippen LogP contribution < -0.4 is 16.0 Å². The van der Waals surface area contributed by atoms with Crippen molar-refractivity contribution >= 4 is 35.3 Å².